The van der Waals surface area contributed by atoms with Gasteiger partial charge in [0.1, 0.15) is 17.3 Å². The number of pyridine rings is 1. The highest BCUT2D eigenvalue weighted by atomic mass is 79.9. The highest BCUT2D eigenvalue weighted by Gasteiger charge is 2.15. The van der Waals surface area contributed by atoms with E-state index in [4.69, 9.17) is 9.47 Å². The van der Waals surface area contributed by atoms with Gasteiger partial charge in [-0.05, 0) is 64.3 Å². The van der Waals surface area contributed by atoms with Gasteiger partial charge in [-0.2, -0.15) is 0 Å². The van der Waals surface area contributed by atoms with E-state index in [0.29, 0.717) is 24.3 Å². The van der Waals surface area contributed by atoms with Crippen LogP contribution in [-0.2, 0) is 13.1 Å². The number of hydrogen-bond acceptors (Lipinski definition) is 5. The smallest absolute Gasteiger partial charge is 0.153 e. The molecule has 0 spiro atoms. The van der Waals surface area contributed by atoms with Gasteiger partial charge >= 0.3 is 0 Å². The van der Waals surface area contributed by atoms with Crippen molar-refractivity contribution in [2.24, 2.45) is 0 Å². The largest absolute Gasteiger partial charge is 0.497 e. The van der Waals surface area contributed by atoms with Crippen molar-refractivity contribution >= 4 is 28.0 Å². The molecule has 29 heavy (non-hydrogen) atoms. The first-order valence-corrected chi connectivity index (χ1v) is 9.96. The molecule has 2 aromatic carbocycles. The van der Waals surface area contributed by atoms with Crippen LogP contribution in [0.2, 0.25) is 0 Å². The number of carbonyl (C=O) groups is 1. The van der Waals surface area contributed by atoms with E-state index in [1.165, 1.54) is 0 Å². The second-order valence-electron chi connectivity index (χ2n) is 6.63. The van der Waals surface area contributed by atoms with E-state index in [-0.39, 0.29) is 0 Å². The summed E-state index contributed by atoms with van der Waals surface area (Å²) in [6.45, 7) is 3.17. The molecule has 1 heterocycles. The molecule has 5 nitrogen and oxygen atoms in total. The van der Waals surface area contributed by atoms with E-state index in [9.17, 15) is 4.79 Å². The minimum Gasteiger partial charge on any atom is -0.497 e. The first-order chi connectivity index (χ1) is 14.0. The Kier molecular flexibility index (Phi) is 6.88. The second kappa shape index (κ2) is 9.56. The molecule has 0 amide bonds. The molecule has 1 aromatic heterocycles. The lowest BCUT2D eigenvalue weighted by Gasteiger charge is -2.25. The molecular formula is C23H23BrN2O3. The molecular weight excluding hydrogens is 432 g/mol. The van der Waals surface area contributed by atoms with Crippen LogP contribution in [0, 0.1) is 6.92 Å². The molecule has 0 radical (unpaired) electrons. The van der Waals surface area contributed by atoms with Gasteiger partial charge in [-0.15, -0.1) is 0 Å². The zero-order chi connectivity index (χ0) is 20.8. The van der Waals surface area contributed by atoms with Gasteiger partial charge in [-0.1, -0.05) is 24.3 Å². The Balaban J connectivity index is 1.94. The van der Waals surface area contributed by atoms with Gasteiger partial charge < -0.3 is 14.4 Å². The maximum Gasteiger partial charge on any atom is 0.153 e. The number of rotatable bonds is 8. The van der Waals surface area contributed by atoms with Crippen molar-refractivity contribution in [3.8, 4) is 11.5 Å². The molecule has 0 aliphatic heterocycles. The summed E-state index contributed by atoms with van der Waals surface area (Å²) in [4.78, 5) is 18.2. The number of nitrogens with zero attached hydrogens (tertiary/aromatic N) is 2. The number of aromatic nitrogens is 1. The van der Waals surface area contributed by atoms with Crippen LogP contribution in [0.15, 0.2) is 59.1 Å². The maximum atomic E-state index is 11.3. The number of aryl methyl sites for hydroxylation is 1. The first kappa shape index (κ1) is 20.9. The summed E-state index contributed by atoms with van der Waals surface area (Å²) in [6.07, 6.45) is 0.827. The fourth-order valence-corrected chi connectivity index (χ4v) is 3.64. The first-order valence-electron chi connectivity index (χ1n) is 9.17. The zero-order valence-corrected chi connectivity index (χ0v) is 18.3. The van der Waals surface area contributed by atoms with Crippen molar-refractivity contribution < 1.29 is 14.3 Å². The average Bonchev–Trinajstić information content (AvgIpc) is 2.74. The van der Waals surface area contributed by atoms with Gasteiger partial charge in [0.15, 0.2) is 6.29 Å². The van der Waals surface area contributed by atoms with Crippen molar-refractivity contribution in [2.75, 3.05) is 19.1 Å². The topological polar surface area (TPSA) is 51.7 Å². The summed E-state index contributed by atoms with van der Waals surface area (Å²) in [5.41, 5.74) is 3.53. The third kappa shape index (κ3) is 5.15. The van der Waals surface area contributed by atoms with Crippen LogP contribution in [0.1, 0.15) is 27.2 Å². The van der Waals surface area contributed by atoms with E-state index in [1.807, 2.05) is 61.5 Å². The Labute approximate surface area is 179 Å². The third-order valence-electron chi connectivity index (χ3n) is 4.69. The van der Waals surface area contributed by atoms with E-state index in [0.717, 1.165) is 39.2 Å². The number of carbonyl (C=O) groups excluding carboxylic acids is 1. The SMILES string of the molecule is COc1ccc(CN(Cc2ccc(OC)cc2)c2cc(Br)c(C=O)c(C)n2)cc1. The Morgan fingerprint density at radius 1 is 0.931 bits per heavy atom. The number of benzene rings is 2. The predicted octanol–water partition coefficient (Wildman–Crippen LogP) is 5.19. The Morgan fingerprint density at radius 3 is 1.79 bits per heavy atom. The molecule has 0 saturated carbocycles. The summed E-state index contributed by atoms with van der Waals surface area (Å²) in [5, 5.41) is 0. The van der Waals surface area contributed by atoms with Gasteiger partial charge in [-0.3, -0.25) is 4.79 Å². The molecule has 150 valence electrons. The quantitative estimate of drug-likeness (QED) is 0.438. The number of ether oxygens (including phenoxy) is 2. The maximum absolute atomic E-state index is 11.3. The van der Waals surface area contributed by atoms with Gasteiger partial charge in [0.05, 0.1) is 19.9 Å². The van der Waals surface area contributed by atoms with Crippen molar-refractivity contribution in [2.45, 2.75) is 20.0 Å². The predicted molar refractivity (Wildman–Crippen MR) is 118 cm³/mol. The summed E-state index contributed by atoms with van der Waals surface area (Å²) in [5.74, 6) is 2.44. The van der Waals surface area contributed by atoms with Crippen LogP contribution in [0.5, 0.6) is 11.5 Å². The lowest BCUT2D eigenvalue weighted by atomic mass is 10.1. The van der Waals surface area contributed by atoms with E-state index >= 15 is 0 Å². The van der Waals surface area contributed by atoms with Crippen molar-refractivity contribution in [1.82, 2.24) is 4.98 Å². The third-order valence-corrected chi connectivity index (χ3v) is 5.35. The molecule has 3 aromatic rings. The van der Waals surface area contributed by atoms with Crippen molar-refractivity contribution in [1.29, 1.82) is 0 Å². The normalized spacial score (nSPS) is 10.5. The molecule has 0 fully saturated rings. The van der Waals surface area contributed by atoms with Crippen LogP contribution >= 0.6 is 15.9 Å². The van der Waals surface area contributed by atoms with Crippen LogP contribution in [0.25, 0.3) is 0 Å². The fraction of sp³-hybridized carbons (Fsp3) is 0.217. The van der Waals surface area contributed by atoms with Crippen LogP contribution in [0.4, 0.5) is 5.82 Å². The molecule has 0 atom stereocenters. The number of hydrogen-bond donors (Lipinski definition) is 0. The highest BCUT2D eigenvalue weighted by Crippen LogP contribution is 2.27. The van der Waals surface area contributed by atoms with Gasteiger partial charge in [-0.25, -0.2) is 4.98 Å². The number of methoxy groups -OCH3 is 2. The molecule has 0 bridgehead atoms. The second-order valence-corrected chi connectivity index (χ2v) is 7.49. The lowest BCUT2D eigenvalue weighted by Crippen LogP contribution is -2.23. The standard InChI is InChI=1S/C23H23BrN2O3/c1-16-21(15-27)22(24)12-23(25-16)26(13-17-4-8-19(28-2)9-5-17)14-18-6-10-20(29-3)11-7-18/h4-12,15H,13-14H2,1-3H3. The molecule has 0 aliphatic rings. The molecule has 0 N–H and O–H groups in total. The van der Waals surface area contributed by atoms with Crippen LogP contribution in [0.3, 0.4) is 0 Å². The lowest BCUT2D eigenvalue weighted by molar-refractivity contribution is 0.112. The Hall–Kier alpha value is -2.86. The number of anilines is 1. The number of halogens is 1. The van der Waals surface area contributed by atoms with Crippen molar-refractivity contribution in [3.05, 3.63) is 81.5 Å². The minimum absolute atomic E-state index is 0.572. The summed E-state index contributed by atoms with van der Waals surface area (Å²) >= 11 is 3.50. The molecule has 6 heteroatoms. The Morgan fingerprint density at radius 2 is 1.41 bits per heavy atom. The van der Waals surface area contributed by atoms with Crippen LogP contribution in [-0.4, -0.2) is 25.5 Å². The summed E-state index contributed by atoms with van der Waals surface area (Å²) in [7, 11) is 3.31. The van der Waals surface area contributed by atoms with Gasteiger partial charge in [0.2, 0.25) is 0 Å². The monoisotopic (exact) mass is 454 g/mol. The zero-order valence-electron chi connectivity index (χ0n) is 16.7. The van der Waals surface area contributed by atoms with Crippen LogP contribution < -0.4 is 14.4 Å². The molecule has 3 rings (SSSR count). The molecule has 0 unspecified atom stereocenters. The number of aldehydes is 1. The molecule has 0 saturated heterocycles. The van der Waals surface area contributed by atoms with E-state index < -0.39 is 0 Å². The van der Waals surface area contributed by atoms with Gasteiger partial charge in [0.25, 0.3) is 0 Å². The Bertz CT molecular complexity index is 900. The molecule has 0 aliphatic carbocycles. The highest BCUT2D eigenvalue weighted by molar-refractivity contribution is 9.10. The minimum atomic E-state index is 0.572. The van der Waals surface area contributed by atoms with E-state index in [2.05, 4.69) is 25.8 Å². The van der Waals surface area contributed by atoms with Gasteiger partial charge in [0, 0.05) is 23.1 Å². The summed E-state index contributed by atoms with van der Waals surface area (Å²) in [6, 6.07) is 17.9. The fourth-order valence-electron chi connectivity index (χ4n) is 3.05. The van der Waals surface area contributed by atoms with E-state index in [1.54, 1.807) is 14.2 Å². The summed E-state index contributed by atoms with van der Waals surface area (Å²) < 4.78 is 11.3. The van der Waals surface area contributed by atoms with Crippen molar-refractivity contribution in [3.63, 3.8) is 0 Å². The average molecular weight is 455 g/mol.